The zero-order chi connectivity index (χ0) is 9.97. The van der Waals surface area contributed by atoms with E-state index < -0.39 is 5.97 Å². The van der Waals surface area contributed by atoms with Crippen molar-refractivity contribution in [3.8, 4) is 0 Å². The predicted octanol–water partition coefficient (Wildman–Crippen LogP) is 2.19. The lowest BCUT2D eigenvalue weighted by atomic mass is 10.1. The van der Waals surface area contributed by atoms with E-state index in [1.807, 2.05) is 30.5 Å². The number of aromatic nitrogens is 1. The number of nitrogens with one attached hydrogen (secondary N) is 1. The Morgan fingerprint density at radius 3 is 3.00 bits per heavy atom. The van der Waals surface area contributed by atoms with Gasteiger partial charge in [-0.25, -0.2) is 0 Å². The van der Waals surface area contributed by atoms with E-state index in [9.17, 15) is 4.79 Å². The lowest BCUT2D eigenvalue weighted by Gasteiger charge is -2.00. The first-order valence-corrected chi connectivity index (χ1v) is 4.54. The predicted molar refractivity (Wildman–Crippen MR) is 54.3 cm³/mol. The Hall–Kier alpha value is -1.77. The van der Waals surface area contributed by atoms with Gasteiger partial charge in [-0.1, -0.05) is 12.1 Å². The number of hydrogen-bond donors (Lipinski definition) is 2. The van der Waals surface area contributed by atoms with Gasteiger partial charge in [-0.2, -0.15) is 0 Å². The van der Waals surface area contributed by atoms with Crippen molar-refractivity contribution >= 4 is 16.9 Å². The molecule has 0 aliphatic rings. The van der Waals surface area contributed by atoms with Crippen LogP contribution in [-0.2, 0) is 11.2 Å². The molecule has 1 aromatic heterocycles. The first-order chi connectivity index (χ1) is 6.77. The van der Waals surface area contributed by atoms with Crippen LogP contribution in [0.2, 0.25) is 0 Å². The van der Waals surface area contributed by atoms with E-state index >= 15 is 0 Å². The third-order valence-corrected chi connectivity index (χ3v) is 2.29. The quantitative estimate of drug-likeness (QED) is 0.777. The normalized spacial score (nSPS) is 10.6. The molecule has 0 unspecified atom stereocenters. The Kier molecular flexibility index (Phi) is 2.23. The molecule has 3 nitrogen and oxygen atoms in total. The van der Waals surface area contributed by atoms with Crippen molar-refractivity contribution in [2.24, 2.45) is 0 Å². The molecule has 0 spiro atoms. The van der Waals surface area contributed by atoms with E-state index in [0.717, 1.165) is 16.5 Å². The van der Waals surface area contributed by atoms with E-state index in [-0.39, 0.29) is 6.42 Å². The molecule has 1 aromatic carbocycles. The lowest BCUT2D eigenvalue weighted by Crippen LogP contribution is -1.97. The van der Waals surface area contributed by atoms with Crippen molar-refractivity contribution in [1.29, 1.82) is 0 Å². The van der Waals surface area contributed by atoms with Gasteiger partial charge in [-0.3, -0.25) is 4.79 Å². The van der Waals surface area contributed by atoms with Crippen molar-refractivity contribution < 1.29 is 9.90 Å². The average Bonchev–Trinajstić information content (AvgIpc) is 2.62. The molecule has 1 heterocycles. The Morgan fingerprint density at radius 1 is 1.36 bits per heavy atom. The first kappa shape index (κ1) is 8.81. The fourth-order valence-electron chi connectivity index (χ4n) is 1.61. The van der Waals surface area contributed by atoms with E-state index in [2.05, 4.69) is 4.98 Å². The third kappa shape index (κ3) is 1.62. The highest BCUT2D eigenvalue weighted by atomic mass is 16.4. The molecule has 0 aliphatic heterocycles. The minimum atomic E-state index is -0.752. The van der Waals surface area contributed by atoms with Crippen LogP contribution in [0.3, 0.4) is 0 Å². The Labute approximate surface area is 81.4 Å². The van der Waals surface area contributed by atoms with Gasteiger partial charge >= 0.3 is 5.97 Å². The minimum absolute atomic E-state index is 0.185. The van der Waals surface area contributed by atoms with E-state index in [4.69, 9.17) is 5.11 Å². The smallest absolute Gasteiger partial charge is 0.303 e. The maximum absolute atomic E-state index is 10.4. The number of carboxylic acid groups (broad SMARTS) is 1. The van der Waals surface area contributed by atoms with Gasteiger partial charge < -0.3 is 10.1 Å². The van der Waals surface area contributed by atoms with Gasteiger partial charge in [0.25, 0.3) is 0 Å². The summed E-state index contributed by atoms with van der Waals surface area (Å²) in [6.07, 6.45) is 2.64. The molecule has 3 heteroatoms. The molecule has 0 amide bonds. The number of H-pyrrole nitrogens is 1. The average molecular weight is 189 g/mol. The summed E-state index contributed by atoms with van der Waals surface area (Å²) in [6.45, 7) is 0. The number of hydrogen-bond acceptors (Lipinski definition) is 1. The summed E-state index contributed by atoms with van der Waals surface area (Å²) < 4.78 is 0. The molecule has 0 aliphatic carbocycles. The van der Waals surface area contributed by atoms with Crippen LogP contribution in [0.1, 0.15) is 12.0 Å². The van der Waals surface area contributed by atoms with Gasteiger partial charge in [-0.05, 0) is 24.1 Å². The molecular formula is C11H11NO2. The number of benzene rings is 1. The lowest BCUT2D eigenvalue weighted by molar-refractivity contribution is -0.136. The molecule has 2 N–H and O–H groups in total. The molecule has 2 aromatic rings. The zero-order valence-corrected chi connectivity index (χ0v) is 7.66. The maximum atomic E-state index is 10.4. The van der Waals surface area contributed by atoms with Crippen LogP contribution < -0.4 is 0 Å². The van der Waals surface area contributed by atoms with Crippen LogP contribution in [0.15, 0.2) is 30.5 Å². The standard InChI is InChI=1S/C11H11NO2/c13-11(14)5-4-8-2-1-3-10-9(8)6-7-12-10/h1-3,6-7,12H,4-5H2,(H,13,14). The number of rotatable bonds is 3. The number of carbonyl (C=O) groups is 1. The summed E-state index contributed by atoms with van der Waals surface area (Å²) in [5, 5.41) is 9.71. The fraction of sp³-hybridized carbons (Fsp3) is 0.182. The van der Waals surface area contributed by atoms with Crippen LogP contribution in [0.25, 0.3) is 10.9 Å². The maximum Gasteiger partial charge on any atom is 0.303 e. The van der Waals surface area contributed by atoms with Crippen molar-refractivity contribution in [1.82, 2.24) is 4.98 Å². The van der Waals surface area contributed by atoms with E-state index in [1.165, 1.54) is 0 Å². The van der Waals surface area contributed by atoms with E-state index in [0.29, 0.717) is 6.42 Å². The molecule has 0 radical (unpaired) electrons. The van der Waals surface area contributed by atoms with Gasteiger partial charge in [-0.15, -0.1) is 0 Å². The molecular weight excluding hydrogens is 178 g/mol. The van der Waals surface area contributed by atoms with Crippen molar-refractivity contribution in [3.05, 3.63) is 36.0 Å². The summed E-state index contributed by atoms with van der Waals surface area (Å²) in [6, 6.07) is 7.88. The van der Waals surface area contributed by atoms with Crippen molar-refractivity contribution in [3.63, 3.8) is 0 Å². The summed E-state index contributed by atoms with van der Waals surface area (Å²) >= 11 is 0. The second-order valence-electron chi connectivity index (χ2n) is 3.25. The topological polar surface area (TPSA) is 53.1 Å². The summed E-state index contributed by atoms with van der Waals surface area (Å²) in [4.78, 5) is 13.5. The van der Waals surface area contributed by atoms with Crippen LogP contribution in [0.5, 0.6) is 0 Å². The summed E-state index contributed by atoms with van der Waals surface area (Å²) in [5.74, 6) is -0.752. The monoisotopic (exact) mass is 189 g/mol. The van der Waals surface area contributed by atoms with Gasteiger partial charge in [0.15, 0.2) is 0 Å². The molecule has 0 atom stereocenters. The molecule has 0 saturated carbocycles. The highest BCUT2D eigenvalue weighted by Crippen LogP contribution is 2.18. The molecule has 2 rings (SSSR count). The first-order valence-electron chi connectivity index (χ1n) is 4.54. The van der Waals surface area contributed by atoms with Crippen LogP contribution in [-0.4, -0.2) is 16.1 Å². The van der Waals surface area contributed by atoms with Crippen molar-refractivity contribution in [2.75, 3.05) is 0 Å². The summed E-state index contributed by atoms with van der Waals surface area (Å²) in [5.41, 5.74) is 2.15. The molecule has 14 heavy (non-hydrogen) atoms. The highest BCUT2D eigenvalue weighted by Gasteiger charge is 2.03. The number of carboxylic acids is 1. The van der Waals surface area contributed by atoms with Crippen LogP contribution in [0.4, 0.5) is 0 Å². The Balaban J connectivity index is 2.32. The van der Waals surface area contributed by atoms with Gasteiger partial charge in [0.1, 0.15) is 0 Å². The van der Waals surface area contributed by atoms with Gasteiger partial charge in [0.2, 0.25) is 0 Å². The minimum Gasteiger partial charge on any atom is -0.481 e. The Morgan fingerprint density at radius 2 is 2.21 bits per heavy atom. The van der Waals surface area contributed by atoms with Crippen LogP contribution >= 0.6 is 0 Å². The van der Waals surface area contributed by atoms with Gasteiger partial charge in [0.05, 0.1) is 0 Å². The third-order valence-electron chi connectivity index (χ3n) is 2.29. The van der Waals surface area contributed by atoms with Gasteiger partial charge in [0, 0.05) is 23.5 Å². The molecule has 0 bridgehead atoms. The number of aryl methyl sites for hydroxylation is 1. The van der Waals surface area contributed by atoms with Crippen molar-refractivity contribution in [2.45, 2.75) is 12.8 Å². The summed E-state index contributed by atoms with van der Waals surface area (Å²) in [7, 11) is 0. The number of aliphatic carboxylic acids is 1. The number of fused-ring (bicyclic) bond motifs is 1. The fourth-order valence-corrected chi connectivity index (χ4v) is 1.61. The molecule has 72 valence electrons. The highest BCUT2D eigenvalue weighted by molar-refractivity contribution is 5.83. The molecule has 0 fully saturated rings. The number of aromatic amines is 1. The zero-order valence-electron chi connectivity index (χ0n) is 7.66. The SMILES string of the molecule is O=C(O)CCc1cccc2[nH]ccc12. The molecule has 0 saturated heterocycles. The Bertz CT molecular complexity index is 459. The second kappa shape index (κ2) is 3.54. The van der Waals surface area contributed by atoms with Crippen LogP contribution in [0, 0.1) is 0 Å². The van der Waals surface area contributed by atoms with E-state index in [1.54, 1.807) is 0 Å². The largest absolute Gasteiger partial charge is 0.481 e. The second-order valence-corrected chi connectivity index (χ2v) is 3.25.